The molecule has 2 saturated carbocycles. The van der Waals surface area contributed by atoms with Gasteiger partial charge in [-0.1, -0.05) is 32.4 Å². The van der Waals surface area contributed by atoms with Gasteiger partial charge in [-0.2, -0.15) is 5.10 Å². The maximum atomic E-state index is 14.7. The second kappa shape index (κ2) is 15.0. The third-order valence-electron chi connectivity index (χ3n) is 11.9. The number of hydrogen-bond acceptors (Lipinski definition) is 10. The zero-order chi connectivity index (χ0) is 40.0. The first-order chi connectivity index (χ1) is 26.7. The van der Waals surface area contributed by atoms with Crippen molar-refractivity contribution in [3.8, 4) is 17.3 Å². The van der Waals surface area contributed by atoms with Crippen LogP contribution in [0.25, 0.3) is 16.7 Å². The minimum Gasteiger partial charge on any atom is -0.497 e. The predicted octanol–water partition coefficient (Wildman–Crippen LogP) is 3.69. The lowest BCUT2D eigenvalue weighted by molar-refractivity contribution is -0.142. The Labute approximate surface area is 325 Å². The number of carbonyl (C=O) groups excluding carboxylic acids is 3. The predicted molar refractivity (Wildman–Crippen MR) is 205 cm³/mol. The zero-order valence-corrected chi connectivity index (χ0v) is 32.8. The summed E-state index contributed by atoms with van der Waals surface area (Å²) in [5.74, 6) is -1.37. The summed E-state index contributed by atoms with van der Waals surface area (Å²) in [5.41, 5.74) is -1.01. The molecule has 0 unspecified atom stereocenters. The Morgan fingerprint density at radius 1 is 1.16 bits per heavy atom. The molecule has 4 aliphatic rings. The highest BCUT2D eigenvalue weighted by atomic mass is 32.2. The number of rotatable bonds is 9. The second-order valence-electron chi connectivity index (χ2n) is 15.9. The van der Waals surface area contributed by atoms with Crippen molar-refractivity contribution < 1.29 is 42.2 Å². The average Bonchev–Trinajstić information content (AvgIpc) is 3.91. The van der Waals surface area contributed by atoms with E-state index in [9.17, 15) is 32.7 Å². The van der Waals surface area contributed by atoms with Gasteiger partial charge in [0, 0.05) is 42.3 Å². The van der Waals surface area contributed by atoms with Gasteiger partial charge in [0.05, 0.1) is 23.9 Å². The number of benzene rings is 1. The lowest BCUT2D eigenvalue weighted by atomic mass is 9.85. The van der Waals surface area contributed by atoms with E-state index in [1.165, 1.54) is 4.90 Å². The van der Waals surface area contributed by atoms with Crippen LogP contribution in [0.5, 0.6) is 11.5 Å². The van der Waals surface area contributed by atoms with Crippen molar-refractivity contribution in [3.05, 3.63) is 54.9 Å². The summed E-state index contributed by atoms with van der Waals surface area (Å²) < 4.78 is 41.2. The SMILES string of the molecule is CC[C@@H]1C[C@H](C)CCC=C[C@@H]2C[C@@]2(C(=O)NS(=O)(=O)C2(C)CC2)NC(=O)[C@@H]2C[C@@H](Oc3cc(-n4cccn4)nc4cc(OC)ccc34)CN2C(=O)[C@H]1NC(=O)O. The zero-order valence-electron chi connectivity index (χ0n) is 31.9. The normalized spacial score (nSPS) is 28.9. The number of allylic oxidation sites excluding steroid dienone is 1. The second-order valence-corrected chi connectivity index (χ2v) is 18.1. The highest BCUT2D eigenvalue weighted by Gasteiger charge is 2.63. The van der Waals surface area contributed by atoms with E-state index in [1.807, 2.05) is 19.1 Å². The summed E-state index contributed by atoms with van der Waals surface area (Å²) in [7, 11) is -2.47. The van der Waals surface area contributed by atoms with E-state index in [2.05, 4.69) is 27.4 Å². The molecule has 17 heteroatoms. The maximum absolute atomic E-state index is 14.7. The quantitative estimate of drug-likeness (QED) is 0.230. The Hall–Kier alpha value is -5.19. The van der Waals surface area contributed by atoms with Crippen LogP contribution in [-0.2, 0) is 24.4 Å². The van der Waals surface area contributed by atoms with Crippen molar-refractivity contribution in [2.75, 3.05) is 13.7 Å². The molecule has 7 atom stereocenters. The van der Waals surface area contributed by atoms with Gasteiger partial charge in [-0.15, -0.1) is 0 Å². The number of pyridine rings is 1. The van der Waals surface area contributed by atoms with Crippen LogP contribution < -0.4 is 24.8 Å². The summed E-state index contributed by atoms with van der Waals surface area (Å²) >= 11 is 0. The Balaban J connectivity index is 1.25. The lowest BCUT2D eigenvalue weighted by Gasteiger charge is -2.33. The van der Waals surface area contributed by atoms with Gasteiger partial charge in [0.15, 0.2) is 5.82 Å². The molecular weight excluding hydrogens is 743 g/mol. The smallest absolute Gasteiger partial charge is 0.405 e. The lowest BCUT2D eigenvalue weighted by Crippen LogP contribution is -2.59. The molecule has 1 saturated heterocycles. The molecular formula is C39H49N7O9S. The summed E-state index contributed by atoms with van der Waals surface area (Å²) in [6.45, 7) is 5.46. The van der Waals surface area contributed by atoms with Gasteiger partial charge in [-0.25, -0.2) is 22.9 Å². The van der Waals surface area contributed by atoms with E-state index in [0.717, 1.165) is 6.42 Å². The highest BCUT2D eigenvalue weighted by molar-refractivity contribution is 7.91. The molecule has 0 spiro atoms. The molecule has 56 heavy (non-hydrogen) atoms. The Kier molecular flexibility index (Phi) is 10.5. The Bertz CT molecular complexity index is 2160. The molecule has 300 valence electrons. The monoisotopic (exact) mass is 791 g/mol. The molecule has 2 aliphatic heterocycles. The number of methoxy groups -OCH3 is 1. The van der Waals surface area contributed by atoms with Crippen LogP contribution in [0.15, 0.2) is 54.9 Å². The van der Waals surface area contributed by atoms with Crippen molar-refractivity contribution in [1.82, 2.24) is 35.0 Å². The Morgan fingerprint density at radius 2 is 1.95 bits per heavy atom. The number of hydrogen-bond donors (Lipinski definition) is 4. The minimum atomic E-state index is -4.02. The topological polar surface area (TPSA) is 211 Å². The number of carboxylic acid groups (broad SMARTS) is 1. The van der Waals surface area contributed by atoms with Crippen molar-refractivity contribution in [2.24, 2.45) is 17.8 Å². The number of aromatic nitrogens is 3. The molecule has 4 amide bonds. The average molecular weight is 792 g/mol. The standard InChI is InChI=1S/C39H49N7O9S/c1-5-24-17-23(2)9-6-7-10-25-21-39(25,36(49)44-56(52,53)38(3)13-14-38)43-34(47)30-19-27(22-45(30)35(48)33(24)42-37(50)51)55-31-20-32(46-16-8-15-40-46)41-29-18-26(54-4)11-12-28(29)31/h7-8,10-12,15-16,18,20,23-25,27,30,33,42H,5-6,9,13-14,17,19,21-22H2,1-4H3,(H,43,47)(H,44,49)(H,50,51)/t23-,24-,25-,27-,30+,33+,39-/m1/s1. The molecule has 7 rings (SSSR count). The molecule has 2 aliphatic carbocycles. The molecule has 3 aromatic rings. The number of carbonyl (C=O) groups is 4. The molecule has 1 aromatic carbocycles. The first-order valence-corrected chi connectivity index (χ1v) is 20.7. The summed E-state index contributed by atoms with van der Waals surface area (Å²) in [5, 5.41) is 20.2. The molecule has 16 nitrogen and oxygen atoms in total. The number of sulfonamides is 1. The maximum Gasteiger partial charge on any atom is 0.405 e. The van der Waals surface area contributed by atoms with Gasteiger partial charge < -0.3 is 30.1 Å². The van der Waals surface area contributed by atoms with E-state index in [1.54, 1.807) is 61.4 Å². The molecule has 0 bridgehead atoms. The van der Waals surface area contributed by atoms with Crippen LogP contribution in [-0.4, -0.2) is 99.1 Å². The highest BCUT2D eigenvalue weighted by Crippen LogP contribution is 2.48. The Morgan fingerprint density at radius 3 is 2.62 bits per heavy atom. The number of amides is 4. The summed E-state index contributed by atoms with van der Waals surface area (Å²) in [4.78, 5) is 61.4. The van der Waals surface area contributed by atoms with Crippen LogP contribution in [0.2, 0.25) is 0 Å². The van der Waals surface area contributed by atoms with Crippen LogP contribution >= 0.6 is 0 Å². The number of nitrogens with one attached hydrogen (secondary N) is 3. The molecule has 2 aromatic heterocycles. The molecule has 3 fully saturated rings. The van der Waals surface area contributed by atoms with Crippen molar-refractivity contribution in [2.45, 2.75) is 101 Å². The fourth-order valence-electron chi connectivity index (χ4n) is 8.04. The first kappa shape index (κ1) is 39.1. The molecule has 0 radical (unpaired) electrons. The van der Waals surface area contributed by atoms with Crippen LogP contribution in [0.4, 0.5) is 4.79 Å². The van der Waals surface area contributed by atoms with Crippen molar-refractivity contribution in [1.29, 1.82) is 0 Å². The van der Waals surface area contributed by atoms with E-state index in [4.69, 9.17) is 14.5 Å². The fraction of sp³-hybridized carbons (Fsp3) is 0.538. The third-order valence-corrected chi connectivity index (χ3v) is 14.0. The van der Waals surface area contributed by atoms with Crippen LogP contribution in [0.3, 0.4) is 0 Å². The van der Waals surface area contributed by atoms with Gasteiger partial charge in [0.1, 0.15) is 35.2 Å². The summed E-state index contributed by atoms with van der Waals surface area (Å²) in [6.07, 6.45) is 8.48. The number of ether oxygens (including phenoxy) is 2. The third kappa shape index (κ3) is 7.64. The van der Waals surface area contributed by atoms with E-state index in [0.29, 0.717) is 60.3 Å². The number of fused-ring (bicyclic) bond motifs is 3. The van der Waals surface area contributed by atoms with Gasteiger partial charge in [-0.05, 0) is 75.5 Å². The largest absolute Gasteiger partial charge is 0.497 e. The molecule has 4 N–H and O–H groups in total. The van der Waals surface area contributed by atoms with Crippen molar-refractivity contribution >= 4 is 44.7 Å². The van der Waals surface area contributed by atoms with Crippen molar-refractivity contribution in [3.63, 3.8) is 0 Å². The van der Waals surface area contributed by atoms with E-state index < -0.39 is 68.2 Å². The summed E-state index contributed by atoms with van der Waals surface area (Å²) in [6, 6.07) is 6.45. The van der Waals surface area contributed by atoms with Gasteiger partial charge in [-0.3, -0.25) is 19.1 Å². The van der Waals surface area contributed by atoms with Crippen LogP contribution in [0.1, 0.15) is 72.1 Å². The van der Waals surface area contributed by atoms with Gasteiger partial charge >= 0.3 is 6.09 Å². The first-order valence-electron chi connectivity index (χ1n) is 19.2. The minimum absolute atomic E-state index is 0.00376. The van der Waals surface area contributed by atoms with Crippen LogP contribution in [0, 0.1) is 17.8 Å². The van der Waals surface area contributed by atoms with Gasteiger partial charge in [0.2, 0.25) is 21.8 Å². The van der Waals surface area contributed by atoms with E-state index in [-0.39, 0.29) is 31.2 Å². The van der Waals surface area contributed by atoms with E-state index >= 15 is 0 Å². The fourth-order valence-corrected chi connectivity index (χ4v) is 9.35. The number of nitrogens with zero attached hydrogens (tertiary/aromatic N) is 4. The molecule has 4 heterocycles. The van der Waals surface area contributed by atoms with Gasteiger partial charge in [0.25, 0.3) is 5.91 Å².